The molecule has 0 radical (unpaired) electrons. The van der Waals surface area contributed by atoms with Gasteiger partial charge in [0.05, 0.1) is 19.9 Å². The highest BCUT2D eigenvalue weighted by Gasteiger charge is 2.16. The van der Waals surface area contributed by atoms with Gasteiger partial charge in [-0.3, -0.25) is 9.59 Å². The number of ether oxygens (including phenoxy) is 2. The smallest absolute Gasteiger partial charge is 0.226 e. The first-order chi connectivity index (χ1) is 12.8. The molecule has 0 aliphatic carbocycles. The molecule has 0 atom stereocenters. The number of anilines is 2. The summed E-state index contributed by atoms with van der Waals surface area (Å²) in [6.45, 7) is 3.59. The van der Waals surface area contributed by atoms with Gasteiger partial charge in [0.15, 0.2) is 0 Å². The summed E-state index contributed by atoms with van der Waals surface area (Å²) in [4.78, 5) is 26.0. The van der Waals surface area contributed by atoms with Crippen LogP contribution in [-0.2, 0) is 9.59 Å². The first-order valence-electron chi connectivity index (χ1n) is 8.42. The molecule has 0 bridgehead atoms. The summed E-state index contributed by atoms with van der Waals surface area (Å²) in [5.41, 5.74) is 2.12. The standard InChI is InChI=1S/C20H23ClN2O4/c1-13-11-15(21)5-7-18(13)23(14(2)24)10-9-20(25)22-17-12-16(26-3)6-8-19(17)27-4/h5-8,11-12H,9-10H2,1-4H3,(H,22,25). The van der Waals surface area contributed by atoms with Crippen LogP contribution in [0.25, 0.3) is 0 Å². The van der Waals surface area contributed by atoms with Crippen molar-refractivity contribution < 1.29 is 19.1 Å². The normalized spacial score (nSPS) is 10.3. The quantitative estimate of drug-likeness (QED) is 0.774. The number of nitrogens with zero attached hydrogens (tertiary/aromatic N) is 1. The number of carbonyl (C=O) groups excluding carboxylic acids is 2. The lowest BCUT2D eigenvalue weighted by Crippen LogP contribution is -2.32. The molecule has 0 heterocycles. The summed E-state index contributed by atoms with van der Waals surface area (Å²) in [7, 11) is 3.07. The molecule has 0 spiro atoms. The molecule has 0 saturated heterocycles. The summed E-state index contributed by atoms with van der Waals surface area (Å²) in [5, 5.41) is 3.40. The van der Waals surface area contributed by atoms with Crippen molar-refractivity contribution >= 4 is 34.8 Å². The van der Waals surface area contributed by atoms with Crippen molar-refractivity contribution in [3.8, 4) is 11.5 Å². The molecular weight excluding hydrogens is 368 g/mol. The number of rotatable bonds is 7. The summed E-state index contributed by atoms with van der Waals surface area (Å²) < 4.78 is 10.4. The molecular formula is C20H23ClN2O4. The van der Waals surface area contributed by atoms with Gasteiger partial charge in [0.2, 0.25) is 11.8 Å². The van der Waals surface area contributed by atoms with E-state index in [0.29, 0.717) is 22.2 Å². The van der Waals surface area contributed by atoms with E-state index in [-0.39, 0.29) is 24.8 Å². The number of nitrogens with one attached hydrogen (secondary N) is 1. The van der Waals surface area contributed by atoms with E-state index in [0.717, 1.165) is 11.3 Å². The number of aryl methyl sites for hydroxylation is 1. The van der Waals surface area contributed by atoms with Gasteiger partial charge in [-0.2, -0.15) is 0 Å². The Morgan fingerprint density at radius 2 is 1.85 bits per heavy atom. The maximum Gasteiger partial charge on any atom is 0.226 e. The molecule has 1 N–H and O–H groups in total. The molecule has 7 heteroatoms. The van der Waals surface area contributed by atoms with E-state index >= 15 is 0 Å². The highest BCUT2D eigenvalue weighted by molar-refractivity contribution is 6.30. The molecule has 27 heavy (non-hydrogen) atoms. The fourth-order valence-electron chi connectivity index (χ4n) is 2.71. The Labute approximate surface area is 164 Å². The summed E-state index contributed by atoms with van der Waals surface area (Å²) in [6.07, 6.45) is 0.127. The first-order valence-corrected chi connectivity index (χ1v) is 8.79. The third-order valence-electron chi connectivity index (χ3n) is 4.07. The number of hydrogen-bond acceptors (Lipinski definition) is 4. The van der Waals surface area contributed by atoms with Crippen LogP contribution in [0.3, 0.4) is 0 Å². The highest BCUT2D eigenvalue weighted by atomic mass is 35.5. The van der Waals surface area contributed by atoms with E-state index < -0.39 is 0 Å². The zero-order chi connectivity index (χ0) is 20.0. The Bertz CT molecular complexity index is 839. The molecule has 0 aliphatic rings. The van der Waals surface area contributed by atoms with Gasteiger partial charge in [0.25, 0.3) is 0 Å². The van der Waals surface area contributed by atoms with E-state index in [1.807, 2.05) is 6.92 Å². The predicted octanol–water partition coefficient (Wildman–Crippen LogP) is 4.05. The minimum Gasteiger partial charge on any atom is -0.497 e. The monoisotopic (exact) mass is 390 g/mol. The van der Waals surface area contributed by atoms with E-state index in [1.54, 1.807) is 48.4 Å². The number of benzene rings is 2. The number of hydrogen-bond donors (Lipinski definition) is 1. The summed E-state index contributed by atoms with van der Waals surface area (Å²) in [5.74, 6) is 0.751. The topological polar surface area (TPSA) is 67.9 Å². The maximum atomic E-state index is 12.4. The van der Waals surface area contributed by atoms with Gasteiger partial charge in [-0.05, 0) is 42.8 Å². The Kier molecular flexibility index (Phi) is 7.07. The SMILES string of the molecule is COc1ccc(OC)c(NC(=O)CCN(C(C)=O)c2ccc(Cl)cc2C)c1. The Balaban J connectivity index is 2.10. The number of carbonyl (C=O) groups is 2. The molecule has 2 aromatic rings. The fourth-order valence-corrected chi connectivity index (χ4v) is 2.93. The van der Waals surface area contributed by atoms with Crippen LogP contribution in [0.1, 0.15) is 18.9 Å². The molecule has 0 unspecified atom stereocenters. The molecule has 0 aliphatic heterocycles. The van der Waals surface area contributed by atoms with Gasteiger partial charge < -0.3 is 19.7 Å². The van der Waals surface area contributed by atoms with Crippen molar-refractivity contribution in [2.75, 3.05) is 31.0 Å². The van der Waals surface area contributed by atoms with Gasteiger partial charge >= 0.3 is 0 Å². The van der Waals surface area contributed by atoms with Crippen molar-refractivity contribution in [3.05, 3.63) is 47.0 Å². The van der Waals surface area contributed by atoms with Gasteiger partial charge in [0.1, 0.15) is 11.5 Å². The van der Waals surface area contributed by atoms with E-state index in [9.17, 15) is 9.59 Å². The largest absolute Gasteiger partial charge is 0.497 e. The van der Waals surface area contributed by atoms with E-state index in [4.69, 9.17) is 21.1 Å². The third-order valence-corrected chi connectivity index (χ3v) is 4.31. The van der Waals surface area contributed by atoms with Crippen LogP contribution in [-0.4, -0.2) is 32.6 Å². The van der Waals surface area contributed by atoms with Gasteiger partial charge in [-0.15, -0.1) is 0 Å². The van der Waals surface area contributed by atoms with Gasteiger partial charge in [-0.25, -0.2) is 0 Å². The molecule has 0 saturated carbocycles. The second-order valence-corrected chi connectivity index (χ2v) is 6.40. The molecule has 0 fully saturated rings. The predicted molar refractivity (Wildman–Crippen MR) is 107 cm³/mol. The van der Waals surface area contributed by atoms with Gasteiger partial charge in [-0.1, -0.05) is 11.6 Å². The maximum absolute atomic E-state index is 12.4. The van der Waals surface area contributed by atoms with E-state index in [1.165, 1.54) is 14.0 Å². The Hall–Kier alpha value is -2.73. The fraction of sp³-hybridized carbons (Fsp3) is 0.300. The second kappa shape index (κ2) is 9.28. The molecule has 2 aromatic carbocycles. The van der Waals surface area contributed by atoms with Crippen LogP contribution in [0.15, 0.2) is 36.4 Å². The van der Waals surface area contributed by atoms with Crippen LogP contribution >= 0.6 is 11.6 Å². The van der Waals surface area contributed by atoms with E-state index in [2.05, 4.69) is 5.32 Å². The molecule has 0 aromatic heterocycles. The lowest BCUT2D eigenvalue weighted by Gasteiger charge is -2.23. The number of halogens is 1. The first kappa shape index (κ1) is 20.6. The molecule has 144 valence electrons. The van der Waals surface area contributed by atoms with Crippen LogP contribution in [0.2, 0.25) is 5.02 Å². The number of amides is 2. The van der Waals surface area contributed by atoms with Crippen LogP contribution < -0.4 is 19.7 Å². The average Bonchev–Trinajstić information content (AvgIpc) is 2.63. The summed E-state index contributed by atoms with van der Waals surface area (Å²) >= 11 is 5.98. The van der Waals surface area contributed by atoms with Gasteiger partial charge in [0, 0.05) is 36.7 Å². The van der Waals surface area contributed by atoms with Crippen molar-refractivity contribution in [2.45, 2.75) is 20.3 Å². The van der Waals surface area contributed by atoms with Crippen molar-refractivity contribution in [1.82, 2.24) is 0 Å². The van der Waals surface area contributed by atoms with Crippen LogP contribution in [0, 0.1) is 6.92 Å². The van der Waals surface area contributed by atoms with Crippen LogP contribution in [0.4, 0.5) is 11.4 Å². The zero-order valence-corrected chi connectivity index (χ0v) is 16.6. The lowest BCUT2D eigenvalue weighted by molar-refractivity contribution is -0.117. The second-order valence-electron chi connectivity index (χ2n) is 5.97. The Morgan fingerprint density at radius 3 is 2.44 bits per heavy atom. The molecule has 2 amide bonds. The van der Waals surface area contributed by atoms with Crippen molar-refractivity contribution in [1.29, 1.82) is 0 Å². The zero-order valence-electron chi connectivity index (χ0n) is 15.8. The third kappa shape index (κ3) is 5.37. The molecule has 6 nitrogen and oxygen atoms in total. The van der Waals surface area contributed by atoms with Crippen LogP contribution in [0.5, 0.6) is 11.5 Å². The minimum atomic E-state index is -0.237. The summed E-state index contributed by atoms with van der Waals surface area (Å²) in [6, 6.07) is 10.4. The highest BCUT2D eigenvalue weighted by Crippen LogP contribution is 2.29. The molecule has 2 rings (SSSR count). The average molecular weight is 391 g/mol. The van der Waals surface area contributed by atoms with Crippen molar-refractivity contribution in [3.63, 3.8) is 0 Å². The number of methoxy groups -OCH3 is 2. The minimum absolute atomic E-state index is 0.127. The van der Waals surface area contributed by atoms with Crippen molar-refractivity contribution in [2.24, 2.45) is 0 Å². The Morgan fingerprint density at radius 1 is 1.11 bits per heavy atom. The lowest BCUT2D eigenvalue weighted by atomic mass is 10.1.